The van der Waals surface area contributed by atoms with Gasteiger partial charge in [-0.05, 0) is 31.2 Å². The van der Waals surface area contributed by atoms with E-state index in [-0.39, 0.29) is 19.2 Å². The highest BCUT2D eigenvalue weighted by Gasteiger charge is 2.13. The Labute approximate surface area is 123 Å². The first kappa shape index (κ1) is 16.0. The molecule has 108 valence electrons. The maximum Gasteiger partial charge on any atom is 0.330 e. The molecule has 0 aromatic heterocycles. The van der Waals surface area contributed by atoms with Crippen LogP contribution < -0.4 is 10.2 Å². The van der Waals surface area contributed by atoms with Crippen molar-refractivity contribution in [2.24, 2.45) is 0 Å². The second kappa shape index (κ2) is 8.22. The number of rotatable bonds is 6. The SMILES string of the molecule is C=CC(=O)OCCNC(=O)N(CC)c1ccc(Cl)cc1. The van der Waals surface area contributed by atoms with Gasteiger partial charge in [0.1, 0.15) is 6.61 Å². The molecule has 0 saturated heterocycles. The molecule has 1 aromatic carbocycles. The Hall–Kier alpha value is -2.01. The van der Waals surface area contributed by atoms with Crippen LogP contribution in [-0.4, -0.2) is 31.7 Å². The zero-order chi connectivity index (χ0) is 15.0. The largest absolute Gasteiger partial charge is 0.461 e. The predicted octanol–water partition coefficient (Wildman–Crippen LogP) is 2.61. The summed E-state index contributed by atoms with van der Waals surface area (Å²) in [6.45, 7) is 6.01. The van der Waals surface area contributed by atoms with E-state index in [4.69, 9.17) is 16.3 Å². The van der Waals surface area contributed by atoms with Gasteiger partial charge in [0, 0.05) is 23.3 Å². The van der Waals surface area contributed by atoms with Gasteiger partial charge < -0.3 is 10.1 Å². The Morgan fingerprint density at radius 2 is 2.05 bits per heavy atom. The predicted molar refractivity (Wildman–Crippen MR) is 79.0 cm³/mol. The van der Waals surface area contributed by atoms with Gasteiger partial charge in [-0.15, -0.1) is 0 Å². The van der Waals surface area contributed by atoms with Gasteiger partial charge in [-0.3, -0.25) is 4.90 Å². The van der Waals surface area contributed by atoms with Crippen molar-refractivity contribution in [3.8, 4) is 0 Å². The minimum absolute atomic E-state index is 0.106. The summed E-state index contributed by atoms with van der Waals surface area (Å²) in [5.41, 5.74) is 0.748. The molecule has 0 aliphatic rings. The number of hydrogen-bond donors (Lipinski definition) is 1. The number of carbonyl (C=O) groups is 2. The molecule has 20 heavy (non-hydrogen) atoms. The summed E-state index contributed by atoms with van der Waals surface area (Å²) >= 11 is 5.81. The van der Waals surface area contributed by atoms with Crippen LogP contribution >= 0.6 is 11.6 Å². The molecular weight excluding hydrogens is 280 g/mol. The number of nitrogens with one attached hydrogen (secondary N) is 1. The van der Waals surface area contributed by atoms with E-state index in [1.165, 1.54) is 0 Å². The minimum atomic E-state index is -0.510. The minimum Gasteiger partial charge on any atom is -0.461 e. The van der Waals surface area contributed by atoms with E-state index in [1.807, 2.05) is 6.92 Å². The average Bonchev–Trinajstić information content (AvgIpc) is 2.46. The second-order valence-corrected chi connectivity index (χ2v) is 4.26. The van der Waals surface area contributed by atoms with Crippen LogP contribution in [0.5, 0.6) is 0 Å². The van der Waals surface area contributed by atoms with Crippen molar-refractivity contribution in [3.05, 3.63) is 41.9 Å². The van der Waals surface area contributed by atoms with Crippen molar-refractivity contribution in [2.45, 2.75) is 6.92 Å². The summed E-state index contributed by atoms with van der Waals surface area (Å²) < 4.78 is 4.77. The van der Waals surface area contributed by atoms with Crippen LogP contribution in [0, 0.1) is 0 Å². The lowest BCUT2D eigenvalue weighted by Crippen LogP contribution is -2.41. The molecule has 1 rings (SSSR count). The average molecular weight is 297 g/mol. The van der Waals surface area contributed by atoms with Crippen molar-refractivity contribution in [3.63, 3.8) is 0 Å². The second-order valence-electron chi connectivity index (χ2n) is 3.82. The van der Waals surface area contributed by atoms with Crippen molar-refractivity contribution >= 4 is 29.3 Å². The van der Waals surface area contributed by atoms with Gasteiger partial charge in [0.25, 0.3) is 0 Å². The maximum absolute atomic E-state index is 12.0. The number of anilines is 1. The zero-order valence-electron chi connectivity index (χ0n) is 11.3. The first-order valence-corrected chi connectivity index (χ1v) is 6.56. The van der Waals surface area contributed by atoms with E-state index in [9.17, 15) is 9.59 Å². The molecular formula is C14H17ClN2O3. The summed E-state index contributed by atoms with van der Waals surface area (Å²) in [6.07, 6.45) is 1.08. The summed E-state index contributed by atoms with van der Waals surface area (Å²) in [4.78, 5) is 24.4. The fourth-order valence-electron chi connectivity index (χ4n) is 1.53. The summed E-state index contributed by atoms with van der Waals surface area (Å²) in [5.74, 6) is -0.510. The van der Waals surface area contributed by atoms with E-state index in [1.54, 1.807) is 29.2 Å². The molecule has 0 radical (unpaired) electrons. The van der Waals surface area contributed by atoms with E-state index in [0.717, 1.165) is 11.8 Å². The van der Waals surface area contributed by atoms with Crippen molar-refractivity contribution in [1.29, 1.82) is 0 Å². The van der Waals surface area contributed by atoms with Crippen LogP contribution in [0.1, 0.15) is 6.92 Å². The molecule has 5 nitrogen and oxygen atoms in total. The topological polar surface area (TPSA) is 58.6 Å². The fourth-order valence-corrected chi connectivity index (χ4v) is 1.65. The Morgan fingerprint density at radius 3 is 2.60 bits per heavy atom. The number of carbonyl (C=O) groups excluding carboxylic acids is 2. The molecule has 0 unspecified atom stereocenters. The van der Waals surface area contributed by atoms with Gasteiger partial charge in [0.2, 0.25) is 0 Å². The van der Waals surface area contributed by atoms with E-state index in [0.29, 0.717) is 11.6 Å². The first-order chi connectivity index (χ1) is 9.58. The molecule has 2 amide bonds. The maximum atomic E-state index is 12.0. The highest BCUT2D eigenvalue weighted by Crippen LogP contribution is 2.17. The lowest BCUT2D eigenvalue weighted by Gasteiger charge is -2.21. The smallest absolute Gasteiger partial charge is 0.330 e. The van der Waals surface area contributed by atoms with Gasteiger partial charge in [0.05, 0.1) is 6.54 Å². The van der Waals surface area contributed by atoms with Crippen LogP contribution in [0.4, 0.5) is 10.5 Å². The van der Waals surface area contributed by atoms with Gasteiger partial charge in [0.15, 0.2) is 0 Å². The highest BCUT2D eigenvalue weighted by atomic mass is 35.5. The van der Waals surface area contributed by atoms with Gasteiger partial charge in [-0.1, -0.05) is 18.2 Å². The van der Waals surface area contributed by atoms with Gasteiger partial charge >= 0.3 is 12.0 Å². The Bertz CT molecular complexity index is 474. The molecule has 6 heteroatoms. The first-order valence-electron chi connectivity index (χ1n) is 6.18. The lowest BCUT2D eigenvalue weighted by atomic mass is 10.3. The molecule has 0 atom stereocenters. The third kappa shape index (κ3) is 4.93. The molecule has 0 aliphatic heterocycles. The molecule has 0 bridgehead atoms. The van der Waals surface area contributed by atoms with Gasteiger partial charge in [-0.2, -0.15) is 0 Å². The van der Waals surface area contributed by atoms with Crippen LogP contribution in [0.25, 0.3) is 0 Å². The van der Waals surface area contributed by atoms with Crippen molar-refractivity contribution < 1.29 is 14.3 Å². The molecule has 0 fully saturated rings. The quantitative estimate of drug-likeness (QED) is 0.499. The third-order valence-electron chi connectivity index (χ3n) is 2.49. The number of nitrogens with zero attached hydrogens (tertiary/aromatic N) is 1. The van der Waals surface area contributed by atoms with E-state index >= 15 is 0 Å². The Kier molecular flexibility index (Phi) is 6.59. The third-order valence-corrected chi connectivity index (χ3v) is 2.74. The van der Waals surface area contributed by atoms with Crippen LogP contribution in [0.3, 0.4) is 0 Å². The Morgan fingerprint density at radius 1 is 1.40 bits per heavy atom. The molecule has 0 aliphatic carbocycles. The summed E-state index contributed by atoms with van der Waals surface area (Å²) in [7, 11) is 0. The van der Waals surface area contributed by atoms with E-state index in [2.05, 4.69) is 11.9 Å². The molecule has 0 heterocycles. The monoisotopic (exact) mass is 296 g/mol. The molecule has 1 aromatic rings. The molecule has 0 saturated carbocycles. The molecule has 0 spiro atoms. The number of hydrogen-bond acceptors (Lipinski definition) is 3. The van der Waals surface area contributed by atoms with Crippen LogP contribution in [0.2, 0.25) is 5.02 Å². The summed E-state index contributed by atoms with van der Waals surface area (Å²) in [5, 5.41) is 3.28. The normalized spacial score (nSPS) is 9.70. The van der Waals surface area contributed by atoms with Crippen LogP contribution in [0.15, 0.2) is 36.9 Å². The number of halogens is 1. The standard InChI is InChI=1S/C14H17ClN2O3/c1-3-13(18)20-10-9-16-14(19)17(4-2)12-7-5-11(15)6-8-12/h3,5-8H,1,4,9-10H2,2H3,(H,16,19). The van der Waals surface area contributed by atoms with Crippen molar-refractivity contribution in [2.75, 3.05) is 24.6 Å². The Balaban J connectivity index is 2.49. The van der Waals surface area contributed by atoms with Crippen LogP contribution in [-0.2, 0) is 9.53 Å². The zero-order valence-corrected chi connectivity index (χ0v) is 12.0. The number of ether oxygens (including phenoxy) is 1. The number of urea groups is 1. The van der Waals surface area contributed by atoms with Crippen molar-refractivity contribution in [1.82, 2.24) is 5.32 Å². The number of esters is 1. The molecule has 1 N–H and O–H groups in total. The highest BCUT2D eigenvalue weighted by molar-refractivity contribution is 6.30. The number of benzene rings is 1. The van der Waals surface area contributed by atoms with E-state index < -0.39 is 5.97 Å². The fraction of sp³-hybridized carbons (Fsp3) is 0.286. The number of amides is 2. The lowest BCUT2D eigenvalue weighted by molar-refractivity contribution is -0.137. The summed E-state index contributed by atoms with van der Waals surface area (Å²) in [6, 6.07) is 6.72. The van der Waals surface area contributed by atoms with Gasteiger partial charge in [-0.25, -0.2) is 9.59 Å².